The Hall–Kier alpha value is -1.46. The minimum atomic E-state index is -0.163. The van der Waals surface area contributed by atoms with Gasteiger partial charge in [-0.15, -0.1) is 11.3 Å². The van der Waals surface area contributed by atoms with E-state index >= 15 is 0 Å². The zero-order chi connectivity index (χ0) is 13.5. The van der Waals surface area contributed by atoms with Crippen LogP contribution < -0.4 is 0 Å². The Labute approximate surface area is 121 Å². The van der Waals surface area contributed by atoms with Crippen LogP contribution in [0.1, 0.15) is 23.8 Å². The summed E-state index contributed by atoms with van der Waals surface area (Å²) in [6.45, 7) is 2.25. The maximum Gasteiger partial charge on any atom is 0.254 e. The van der Waals surface area contributed by atoms with Gasteiger partial charge in [0.2, 0.25) is 0 Å². The molecule has 0 spiro atoms. The van der Waals surface area contributed by atoms with E-state index in [9.17, 15) is 4.79 Å². The van der Waals surface area contributed by atoms with E-state index < -0.39 is 0 Å². The second kappa shape index (κ2) is 4.82. The van der Waals surface area contributed by atoms with Gasteiger partial charge in [0.1, 0.15) is 0 Å². The van der Waals surface area contributed by atoms with Crippen molar-refractivity contribution in [3.05, 3.63) is 29.3 Å². The number of piperidine rings is 1. The van der Waals surface area contributed by atoms with Crippen LogP contribution in [-0.2, 0) is 9.53 Å². The van der Waals surface area contributed by atoms with Crippen LogP contribution >= 0.6 is 11.3 Å². The molecule has 2 aliphatic heterocycles. The van der Waals surface area contributed by atoms with Gasteiger partial charge in [-0.05, 0) is 25.0 Å². The molecule has 2 atom stereocenters. The normalized spacial score (nSPS) is 25.9. The van der Waals surface area contributed by atoms with E-state index in [4.69, 9.17) is 9.72 Å². The molecule has 0 saturated carbocycles. The lowest BCUT2D eigenvalue weighted by Crippen LogP contribution is -2.41. The number of fused-ring (bicyclic) bond motifs is 1. The number of amides is 1. The first-order chi connectivity index (χ1) is 9.81. The predicted molar refractivity (Wildman–Crippen MR) is 77.9 cm³/mol. The van der Waals surface area contributed by atoms with Crippen molar-refractivity contribution >= 4 is 27.5 Å². The summed E-state index contributed by atoms with van der Waals surface area (Å²) in [5.41, 5.74) is 1.07. The molecule has 4 rings (SSSR count). The molecule has 0 aliphatic carbocycles. The molecule has 4 nitrogen and oxygen atoms in total. The van der Waals surface area contributed by atoms with Gasteiger partial charge < -0.3 is 9.64 Å². The van der Waals surface area contributed by atoms with Crippen LogP contribution in [0.4, 0.5) is 0 Å². The summed E-state index contributed by atoms with van der Waals surface area (Å²) in [6.07, 6.45) is 2.01. The summed E-state index contributed by atoms with van der Waals surface area (Å²) in [4.78, 5) is 18.8. The summed E-state index contributed by atoms with van der Waals surface area (Å²) in [6, 6.07) is 8.23. The second-order valence-corrected chi connectivity index (χ2v) is 6.53. The molecule has 1 amide bonds. The van der Waals surface area contributed by atoms with E-state index in [-0.39, 0.29) is 12.0 Å². The van der Waals surface area contributed by atoms with E-state index in [2.05, 4.69) is 12.1 Å². The first-order valence-corrected chi connectivity index (χ1v) is 7.89. The highest BCUT2D eigenvalue weighted by atomic mass is 32.1. The van der Waals surface area contributed by atoms with E-state index in [0.29, 0.717) is 12.5 Å². The molecular formula is C15H16N2O2S. The molecule has 1 aromatic heterocycles. The SMILES string of the molecule is O=C(C1CO1)N1CCCC(c2nc3ccccc3s2)C1. The average Bonchev–Trinajstić information content (AvgIpc) is 3.25. The van der Waals surface area contributed by atoms with Gasteiger partial charge in [-0.25, -0.2) is 4.98 Å². The summed E-state index contributed by atoms with van der Waals surface area (Å²) in [7, 11) is 0. The zero-order valence-electron chi connectivity index (χ0n) is 11.1. The van der Waals surface area contributed by atoms with Crippen LogP contribution in [0.3, 0.4) is 0 Å². The zero-order valence-corrected chi connectivity index (χ0v) is 11.9. The highest BCUT2D eigenvalue weighted by molar-refractivity contribution is 7.18. The van der Waals surface area contributed by atoms with Crippen LogP contribution in [0.15, 0.2) is 24.3 Å². The molecule has 1 aromatic carbocycles. The first kappa shape index (κ1) is 12.3. The maximum absolute atomic E-state index is 12.1. The molecule has 2 aliphatic rings. The predicted octanol–water partition coefficient (Wildman–Crippen LogP) is 2.40. The number of ether oxygens (including phenoxy) is 1. The second-order valence-electron chi connectivity index (χ2n) is 5.47. The van der Waals surface area contributed by atoms with E-state index in [1.807, 2.05) is 17.0 Å². The van der Waals surface area contributed by atoms with Crippen LogP contribution in [0, 0.1) is 0 Å². The summed E-state index contributed by atoms with van der Waals surface area (Å²) < 4.78 is 6.34. The fourth-order valence-corrected chi connectivity index (χ4v) is 3.93. The van der Waals surface area contributed by atoms with Gasteiger partial charge in [0.25, 0.3) is 5.91 Å². The van der Waals surface area contributed by atoms with Gasteiger partial charge in [-0.3, -0.25) is 4.79 Å². The fourth-order valence-electron chi connectivity index (χ4n) is 2.84. The number of carbonyl (C=O) groups is 1. The monoisotopic (exact) mass is 288 g/mol. The lowest BCUT2D eigenvalue weighted by molar-refractivity contribution is -0.133. The van der Waals surface area contributed by atoms with Crippen molar-refractivity contribution in [2.45, 2.75) is 24.9 Å². The van der Waals surface area contributed by atoms with Gasteiger partial charge >= 0.3 is 0 Å². The number of likely N-dealkylation sites (tertiary alicyclic amines) is 1. The Kier molecular flexibility index (Phi) is 2.97. The number of thiazole rings is 1. The van der Waals surface area contributed by atoms with Gasteiger partial charge in [-0.2, -0.15) is 0 Å². The number of para-hydroxylation sites is 1. The third-order valence-electron chi connectivity index (χ3n) is 4.00. The van der Waals surface area contributed by atoms with Crippen molar-refractivity contribution in [3.63, 3.8) is 0 Å². The minimum absolute atomic E-state index is 0.163. The fraction of sp³-hybridized carbons (Fsp3) is 0.467. The third kappa shape index (κ3) is 2.21. The molecule has 2 aromatic rings. The third-order valence-corrected chi connectivity index (χ3v) is 5.20. The first-order valence-electron chi connectivity index (χ1n) is 7.07. The Balaban J connectivity index is 1.56. The van der Waals surface area contributed by atoms with Crippen LogP contribution in [0.5, 0.6) is 0 Å². The van der Waals surface area contributed by atoms with Crippen molar-refractivity contribution in [1.29, 1.82) is 0 Å². The Morgan fingerprint density at radius 3 is 3.05 bits per heavy atom. The molecule has 3 heterocycles. The van der Waals surface area contributed by atoms with Crippen molar-refractivity contribution < 1.29 is 9.53 Å². The maximum atomic E-state index is 12.1. The lowest BCUT2D eigenvalue weighted by Gasteiger charge is -2.31. The number of nitrogens with zero attached hydrogens (tertiary/aromatic N) is 2. The van der Waals surface area contributed by atoms with Crippen LogP contribution in [0.25, 0.3) is 10.2 Å². The molecule has 20 heavy (non-hydrogen) atoms. The molecule has 104 valence electrons. The van der Waals surface area contributed by atoms with Gasteiger partial charge in [0, 0.05) is 19.0 Å². The number of epoxide rings is 1. The van der Waals surface area contributed by atoms with E-state index in [0.717, 1.165) is 31.4 Å². The largest absolute Gasteiger partial charge is 0.363 e. The molecule has 2 unspecified atom stereocenters. The quantitative estimate of drug-likeness (QED) is 0.797. The number of benzene rings is 1. The number of aromatic nitrogens is 1. The Bertz CT molecular complexity index is 617. The molecule has 2 fully saturated rings. The standard InChI is InChI=1S/C15H16N2O2S/c18-15(12-9-19-12)17-7-3-4-10(8-17)14-16-11-5-1-2-6-13(11)20-14/h1-2,5-6,10,12H,3-4,7-9H2. The number of hydrogen-bond donors (Lipinski definition) is 0. The Morgan fingerprint density at radius 1 is 1.40 bits per heavy atom. The van der Waals surface area contributed by atoms with Crippen molar-refractivity contribution in [3.8, 4) is 0 Å². The van der Waals surface area contributed by atoms with Gasteiger partial charge in [-0.1, -0.05) is 12.1 Å². The van der Waals surface area contributed by atoms with Gasteiger partial charge in [0.15, 0.2) is 6.10 Å². The summed E-state index contributed by atoms with van der Waals surface area (Å²) in [5.74, 6) is 0.541. The molecule has 2 saturated heterocycles. The van der Waals surface area contributed by atoms with Crippen LogP contribution in [0.2, 0.25) is 0 Å². The number of rotatable bonds is 2. The highest BCUT2D eigenvalue weighted by Gasteiger charge is 2.37. The molecule has 0 N–H and O–H groups in total. The molecule has 5 heteroatoms. The van der Waals surface area contributed by atoms with Gasteiger partial charge in [0.05, 0.1) is 21.8 Å². The topological polar surface area (TPSA) is 45.7 Å². The smallest absolute Gasteiger partial charge is 0.254 e. The van der Waals surface area contributed by atoms with Crippen molar-refractivity contribution in [2.75, 3.05) is 19.7 Å². The van der Waals surface area contributed by atoms with Crippen molar-refractivity contribution in [2.24, 2.45) is 0 Å². The Morgan fingerprint density at radius 2 is 2.25 bits per heavy atom. The summed E-state index contributed by atoms with van der Waals surface area (Å²) >= 11 is 1.76. The number of carbonyl (C=O) groups excluding carboxylic acids is 1. The highest BCUT2D eigenvalue weighted by Crippen LogP contribution is 2.33. The van der Waals surface area contributed by atoms with Crippen molar-refractivity contribution in [1.82, 2.24) is 9.88 Å². The number of hydrogen-bond acceptors (Lipinski definition) is 4. The average molecular weight is 288 g/mol. The van der Waals surface area contributed by atoms with E-state index in [1.165, 1.54) is 9.71 Å². The molecule has 0 radical (unpaired) electrons. The minimum Gasteiger partial charge on any atom is -0.363 e. The summed E-state index contributed by atoms with van der Waals surface area (Å²) in [5, 5.41) is 1.17. The van der Waals surface area contributed by atoms with E-state index in [1.54, 1.807) is 11.3 Å². The molecular weight excluding hydrogens is 272 g/mol. The lowest BCUT2D eigenvalue weighted by atomic mass is 9.98. The molecule has 0 bridgehead atoms. The van der Waals surface area contributed by atoms with Crippen LogP contribution in [-0.4, -0.2) is 41.6 Å².